The Morgan fingerprint density at radius 2 is 2.10 bits per heavy atom. The van der Waals surface area contributed by atoms with E-state index in [9.17, 15) is 9.59 Å². The summed E-state index contributed by atoms with van der Waals surface area (Å²) in [5.41, 5.74) is 1.47. The summed E-state index contributed by atoms with van der Waals surface area (Å²) in [7, 11) is 0. The molecule has 1 amide bonds. The molecule has 0 aliphatic rings. The number of thioether (sulfide) groups is 1. The van der Waals surface area contributed by atoms with Crippen molar-refractivity contribution >= 4 is 44.5 Å². The predicted molar refractivity (Wildman–Crippen MR) is 120 cm³/mol. The van der Waals surface area contributed by atoms with Crippen molar-refractivity contribution in [3.63, 3.8) is 0 Å². The molecule has 152 valence electrons. The van der Waals surface area contributed by atoms with Crippen LogP contribution in [0.2, 0.25) is 0 Å². The second kappa shape index (κ2) is 9.54. The van der Waals surface area contributed by atoms with Crippen LogP contribution in [0.5, 0.6) is 0 Å². The minimum absolute atomic E-state index is 0.0664. The van der Waals surface area contributed by atoms with Gasteiger partial charge in [0.2, 0.25) is 5.91 Å². The van der Waals surface area contributed by atoms with E-state index in [4.69, 9.17) is 0 Å². The number of fused-ring (bicyclic) bond motifs is 1. The third-order valence-electron chi connectivity index (χ3n) is 4.48. The summed E-state index contributed by atoms with van der Waals surface area (Å²) < 4.78 is 2.46. The number of carbonyl (C=O) groups excluding carboxylic acids is 1. The Morgan fingerprint density at radius 1 is 1.31 bits per heavy atom. The van der Waals surface area contributed by atoms with E-state index in [2.05, 4.69) is 31.2 Å². The second-order valence-corrected chi connectivity index (χ2v) is 8.99. The number of carbonyl (C=O) groups is 1. The van der Waals surface area contributed by atoms with Crippen LogP contribution in [-0.2, 0) is 17.9 Å². The van der Waals surface area contributed by atoms with E-state index < -0.39 is 0 Å². The third-order valence-corrected chi connectivity index (χ3v) is 6.51. The summed E-state index contributed by atoms with van der Waals surface area (Å²) in [4.78, 5) is 34.6. The largest absolute Gasteiger partial charge is 0.351 e. The summed E-state index contributed by atoms with van der Waals surface area (Å²) in [6.45, 7) is 6.79. The zero-order valence-corrected chi connectivity index (χ0v) is 19.0. The Morgan fingerprint density at radius 3 is 2.76 bits per heavy atom. The van der Waals surface area contributed by atoms with Gasteiger partial charge in [0.15, 0.2) is 5.16 Å². The fourth-order valence-corrected chi connectivity index (χ4v) is 4.48. The molecular formula is C21H23BrN4O2S. The van der Waals surface area contributed by atoms with Gasteiger partial charge in [0.25, 0.3) is 5.56 Å². The normalized spacial score (nSPS) is 12.3. The molecule has 0 spiro atoms. The van der Waals surface area contributed by atoms with Crippen LogP contribution >= 0.6 is 27.7 Å². The molecule has 0 radical (unpaired) electrons. The fraction of sp³-hybridized carbons (Fsp3) is 0.333. The van der Waals surface area contributed by atoms with Crippen molar-refractivity contribution in [1.29, 1.82) is 0 Å². The van der Waals surface area contributed by atoms with Crippen molar-refractivity contribution in [1.82, 2.24) is 19.9 Å². The number of nitrogens with one attached hydrogen (secondary N) is 1. The van der Waals surface area contributed by atoms with Gasteiger partial charge < -0.3 is 5.32 Å². The number of pyridine rings is 1. The van der Waals surface area contributed by atoms with Crippen molar-refractivity contribution in [2.75, 3.05) is 0 Å². The number of aromatic nitrogens is 3. The molecule has 6 nitrogen and oxygen atoms in total. The van der Waals surface area contributed by atoms with Crippen LogP contribution in [0.4, 0.5) is 0 Å². The number of halogens is 1. The summed E-state index contributed by atoms with van der Waals surface area (Å²) in [5.74, 6) is -0.0154. The van der Waals surface area contributed by atoms with E-state index in [1.807, 2.05) is 45.0 Å². The highest BCUT2D eigenvalue weighted by molar-refractivity contribution is 9.10. The molecule has 3 rings (SSSR count). The van der Waals surface area contributed by atoms with Gasteiger partial charge in [-0.1, -0.05) is 47.6 Å². The first kappa shape index (κ1) is 21.5. The fourth-order valence-electron chi connectivity index (χ4n) is 2.94. The lowest BCUT2D eigenvalue weighted by Crippen LogP contribution is -2.36. The monoisotopic (exact) mass is 474 g/mol. The molecule has 2 aromatic heterocycles. The Labute approximate surface area is 182 Å². The third kappa shape index (κ3) is 5.05. The maximum absolute atomic E-state index is 12.9. The van der Waals surface area contributed by atoms with E-state index in [-0.39, 0.29) is 22.6 Å². The van der Waals surface area contributed by atoms with E-state index >= 15 is 0 Å². The predicted octanol–water partition coefficient (Wildman–Crippen LogP) is 4.01. The zero-order valence-electron chi connectivity index (χ0n) is 16.6. The average Bonchev–Trinajstić information content (AvgIpc) is 2.71. The summed E-state index contributed by atoms with van der Waals surface area (Å²) in [6.07, 6.45) is 3.43. The molecule has 1 aromatic carbocycles. The van der Waals surface area contributed by atoms with Crippen molar-refractivity contribution in [2.24, 2.45) is 5.92 Å². The molecule has 0 saturated carbocycles. The number of hydrogen-bond acceptors (Lipinski definition) is 5. The number of amides is 1. The standard InChI is InChI=1S/C21H23BrN4O2S/c1-4-26-20(28)16-10-15(22)7-8-17(16)25-21(26)29-18(13(2)3)19(27)24-12-14-6-5-9-23-11-14/h5-11,13,18H,4,12H2,1-3H3,(H,24,27). The number of hydrogen-bond donors (Lipinski definition) is 1. The lowest BCUT2D eigenvalue weighted by atomic mass is 10.1. The van der Waals surface area contributed by atoms with Gasteiger partial charge in [0.05, 0.1) is 16.2 Å². The van der Waals surface area contributed by atoms with Crippen LogP contribution < -0.4 is 10.9 Å². The maximum atomic E-state index is 12.9. The van der Waals surface area contributed by atoms with Crippen LogP contribution in [0.15, 0.2) is 57.1 Å². The molecule has 2 heterocycles. The molecule has 1 N–H and O–H groups in total. The lowest BCUT2D eigenvalue weighted by molar-refractivity contribution is -0.121. The van der Waals surface area contributed by atoms with Gasteiger partial charge in [-0.3, -0.25) is 19.1 Å². The topological polar surface area (TPSA) is 76.9 Å². The zero-order chi connectivity index (χ0) is 21.0. The summed E-state index contributed by atoms with van der Waals surface area (Å²) >= 11 is 4.74. The Balaban J connectivity index is 1.88. The van der Waals surface area contributed by atoms with Crippen LogP contribution in [-0.4, -0.2) is 25.7 Å². The SMILES string of the molecule is CCn1c(SC(C(=O)NCc2cccnc2)C(C)C)nc2ccc(Br)cc2c1=O. The van der Waals surface area contributed by atoms with E-state index in [0.29, 0.717) is 29.1 Å². The molecular weight excluding hydrogens is 452 g/mol. The first-order valence-corrected chi connectivity index (χ1v) is 11.1. The first-order valence-electron chi connectivity index (χ1n) is 9.44. The molecule has 0 aliphatic heterocycles. The van der Waals surface area contributed by atoms with Gasteiger partial charge in [-0.15, -0.1) is 0 Å². The van der Waals surface area contributed by atoms with E-state index in [1.165, 1.54) is 11.8 Å². The van der Waals surface area contributed by atoms with E-state index in [0.717, 1.165) is 10.0 Å². The smallest absolute Gasteiger partial charge is 0.262 e. The van der Waals surface area contributed by atoms with Crippen molar-refractivity contribution < 1.29 is 4.79 Å². The second-order valence-electron chi connectivity index (χ2n) is 6.97. The Hall–Kier alpha value is -2.19. The summed E-state index contributed by atoms with van der Waals surface area (Å²) in [5, 5.41) is 3.73. The van der Waals surface area contributed by atoms with Crippen molar-refractivity contribution in [3.05, 3.63) is 63.1 Å². The number of nitrogens with zero attached hydrogens (tertiary/aromatic N) is 3. The molecule has 3 aromatic rings. The van der Waals surface area contributed by atoms with Crippen LogP contribution in [0.3, 0.4) is 0 Å². The van der Waals surface area contributed by atoms with Crippen molar-refractivity contribution in [3.8, 4) is 0 Å². The lowest BCUT2D eigenvalue weighted by Gasteiger charge is -2.21. The molecule has 1 unspecified atom stereocenters. The van der Waals surface area contributed by atoms with Gasteiger partial charge in [-0.2, -0.15) is 0 Å². The molecule has 0 saturated heterocycles. The first-order chi connectivity index (χ1) is 13.9. The molecule has 0 fully saturated rings. The minimum atomic E-state index is -0.371. The van der Waals surface area contributed by atoms with Crippen LogP contribution in [0.1, 0.15) is 26.3 Å². The van der Waals surface area contributed by atoms with Gasteiger partial charge in [-0.25, -0.2) is 4.98 Å². The molecule has 29 heavy (non-hydrogen) atoms. The quantitative estimate of drug-likeness (QED) is 0.413. The van der Waals surface area contributed by atoms with Gasteiger partial charge >= 0.3 is 0 Å². The van der Waals surface area contributed by atoms with Gasteiger partial charge in [-0.05, 0) is 42.7 Å². The summed E-state index contributed by atoms with van der Waals surface area (Å²) in [6, 6.07) is 9.22. The minimum Gasteiger partial charge on any atom is -0.351 e. The molecule has 8 heteroatoms. The molecule has 1 atom stereocenters. The number of benzene rings is 1. The highest BCUT2D eigenvalue weighted by atomic mass is 79.9. The molecule has 0 bridgehead atoms. The van der Waals surface area contributed by atoms with Gasteiger partial charge in [0, 0.05) is 30.0 Å². The van der Waals surface area contributed by atoms with Crippen LogP contribution in [0.25, 0.3) is 10.9 Å². The highest BCUT2D eigenvalue weighted by Crippen LogP contribution is 2.28. The van der Waals surface area contributed by atoms with E-state index in [1.54, 1.807) is 23.0 Å². The number of rotatable bonds is 7. The maximum Gasteiger partial charge on any atom is 0.262 e. The average molecular weight is 475 g/mol. The van der Waals surface area contributed by atoms with Crippen molar-refractivity contribution in [2.45, 2.75) is 44.3 Å². The Kier molecular flexibility index (Phi) is 7.08. The van der Waals surface area contributed by atoms with Gasteiger partial charge in [0.1, 0.15) is 0 Å². The molecule has 0 aliphatic carbocycles. The highest BCUT2D eigenvalue weighted by Gasteiger charge is 2.26. The van der Waals surface area contributed by atoms with Crippen LogP contribution in [0, 0.1) is 5.92 Å². The Bertz CT molecular complexity index is 1070.